The second-order valence-corrected chi connectivity index (χ2v) is 4.99. The summed E-state index contributed by atoms with van der Waals surface area (Å²) in [6.07, 6.45) is -0.819. The first-order chi connectivity index (χ1) is 9.20. The van der Waals surface area contributed by atoms with E-state index in [1.807, 2.05) is 12.1 Å². The molecule has 0 radical (unpaired) electrons. The zero-order valence-electron chi connectivity index (χ0n) is 10.1. The normalized spacial score (nSPS) is 21.0. The standard InChI is InChI=1S/C15H13ClO3/c16-9-5-6-14-11(7-9)12(8-17)15(18)10-3-1-2-4-13(10)19-14/h1-7,12,15,17-18H,8H2/t12-,15-/m1/s1. The lowest BCUT2D eigenvalue weighted by Gasteiger charge is -2.19. The Morgan fingerprint density at radius 3 is 2.58 bits per heavy atom. The van der Waals surface area contributed by atoms with Crippen LogP contribution >= 0.6 is 11.6 Å². The Balaban J connectivity index is 2.20. The summed E-state index contributed by atoms with van der Waals surface area (Å²) >= 11 is 5.99. The molecule has 2 atom stereocenters. The molecule has 1 aliphatic heterocycles. The Morgan fingerprint density at radius 1 is 1.05 bits per heavy atom. The third-order valence-electron chi connectivity index (χ3n) is 3.41. The molecular formula is C15H13ClO3. The van der Waals surface area contributed by atoms with E-state index in [-0.39, 0.29) is 6.61 Å². The van der Waals surface area contributed by atoms with Crippen molar-refractivity contribution in [2.75, 3.05) is 6.61 Å². The number of fused-ring (bicyclic) bond motifs is 2. The van der Waals surface area contributed by atoms with Crippen molar-refractivity contribution in [3.63, 3.8) is 0 Å². The number of halogens is 1. The Kier molecular flexibility index (Phi) is 3.19. The van der Waals surface area contributed by atoms with Crippen LogP contribution in [0, 0.1) is 0 Å². The molecule has 0 saturated heterocycles. The van der Waals surface area contributed by atoms with Crippen molar-refractivity contribution >= 4 is 11.6 Å². The first-order valence-electron chi connectivity index (χ1n) is 6.06. The van der Waals surface area contributed by atoms with Crippen molar-refractivity contribution < 1.29 is 14.9 Å². The summed E-state index contributed by atoms with van der Waals surface area (Å²) in [4.78, 5) is 0. The number of hydrogen-bond acceptors (Lipinski definition) is 3. The number of aliphatic hydroxyl groups is 2. The van der Waals surface area contributed by atoms with Gasteiger partial charge in [0.05, 0.1) is 12.7 Å². The summed E-state index contributed by atoms with van der Waals surface area (Å²) in [6, 6.07) is 12.5. The lowest BCUT2D eigenvalue weighted by molar-refractivity contribution is 0.108. The van der Waals surface area contributed by atoms with Crippen LogP contribution in [0.3, 0.4) is 0 Å². The summed E-state index contributed by atoms with van der Waals surface area (Å²) in [5.74, 6) is 0.777. The van der Waals surface area contributed by atoms with E-state index in [0.29, 0.717) is 22.1 Å². The largest absolute Gasteiger partial charge is 0.457 e. The van der Waals surface area contributed by atoms with Crippen LogP contribution < -0.4 is 4.74 Å². The molecule has 0 spiro atoms. The summed E-state index contributed by atoms with van der Waals surface area (Å²) < 4.78 is 5.83. The average Bonchev–Trinajstić information content (AvgIpc) is 2.53. The van der Waals surface area contributed by atoms with Crippen molar-refractivity contribution in [2.24, 2.45) is 0 Å². The molecule has 0 aliphatic carbocycles. The van der Waals surface area contributed by atoms with Gasteiger partial charge in [0.15, 0.2) is 0 Å². The van der Waals surface area contributed by atoms with Gasteiger partial charge in [-0.15, -0.1) is 0 Å². The Hall–Kier alpha value is -1.55. The van der Waals surface area contributed by atoms with Crippen LogP contribution in [-0.4, -0.2) is 16.8 Å². The third kappa shape index (κ3) is 2.10. The lowest BCUT2D eigenvalue weighted by Crippen LogP contribution is -2.13. The maximum atomic E-state index is 10.5. The molecule has 0 amide bonds. The van der Waals surface area contributed by atoms with E-state index >= 15 is 0 Å². The predicted octanol–water partition coefficient (Wildman–Crippen LogP) is 3.26. The lowest BCUT2D eigenvalue weighted by atomic mass is 9.90. The van der Waals surface area contributed by atoms with Crippen LogP contribution in [0.2, 0.25) is 5.02 Å². The third-order valence-corrected chi connectivity index (χ3v) is 3.64. The second kappa shape index (κ2) is 4.85. The molecule has 1 aliphatic rings. The maximum absolute atomic E-state index is 10.5. The van der Waals surface area contributed by atoms with Crippen LogP contribution in [0.15, 0.2) is 42.5 Å². The molecule has 0 aromatic heterocycles. The summed E-state index contributed by atoms with van der Waals surface area (Å²) in [5.41, 5.74) is 1.40. The van der Waals surface area contributed by atoms with Crippen LogP contribution in [0.1, 0.15) is 23.1 Å². The number of para-hydroxylation sites is 1. The van der Waals surface area contributed by atoms with Crippen LogP contribution in [0.25, 0.3) is 0 Å². The highest BCUT2D eigenvalue weighted by molar-refractivity contribution is 6.30. The highest BCUT2D eigenvalue weighted by atomic mass is 35.5. The van der Waals surface area contributed by atoms with Gasteiger partial charge in [0.25, 0.3) is 0 Å². The van der Waals surface area contributed by atoms with Gasteiger partial charge in [0, 0.05) is 22.1 Å². The Morgan fingerprint density at radius 2 is 1.79 bits per heavy atom. The van der Waals surface area contributed by atoms with Gasteiger partial charge in [-0.05, 0) is 24.3 Å². The van der Waals surface area contributed by atoms with E-state index in [1.165, 1.54) is 0 Å². The van der Waals surface area contributed by atoms with Crippen molar-refractivity contribution in [1.29, 1.82) is 0 Å². The highest BCUT2D eigenvalue weighted by Gasteiger charge is 2.30. The average molecular weight is 277 g/mol. The molecule has 0 unspecified atom stereocenters. The fraction of sp³-hybridized carbons (Fsp3) is 0.200. The molecule has 0 bridgehead atoms. The van der Waals surface area contributed by atoms with E-state index in [1.54, 1.807) is 30.3 Å². The van der Waals surface area contributed by atoms with Crippen LogP contribution in [0.4, 0.5) is 0 Å². The quantitative estimate of drug-likeness (QED) is 0.840. The van der Waals surface area contributed by atoms with Gasteiger partial charge in [0.1, 0.15) is 11.5 Å². The topological polar surface area (TPSA) is 49.7 Å². The molecule has 3 rings (SSSR count). The number of rotatable bonds is 1. The predicted molar refractivity (Wildman–Crippen MR) is 72.8 cm³/mol. The Bertz CT molecular complexity index is 612. The van der Waals surface area contributed by atoms with Gasteiger partial charge in [-0.1, -0.05) is 29.8 Å². The molecular weight excluding hydrogens is 264 g/mol. The minimum atomic E-state index is -0.819. The van der Waals surface area contributed by atoms with E-state index in [9.17, 15) is 10.2 Å². The summed E-state index contributed by atoms with van der Waals surface area (Å²) in [7, 11) is 0. The molecule has 0 saturated carbocycles. The minimum absolute atomic E-state index is 0.174. The molecule has 98 valence electrons. The van der Waals surface area contributed by atoms with Crippen molar-refractivity contribution in [1.82, 2.24) is 0 Å². The molecule has 3 nitrogen and oxygen atoms in total. The molecule has 4 heteroatoms. The van der Waals surface area contributed by atoms with Gasteiger partial charge in [-0.3, -0.25) is 0 Å². The van der Waals surface area contributed by atoms with E-state index < -0.39 is 12.0 Å². The second-order valence-electron chi connectivity index (χ2n) is 4.56. The summed E-state index contributed by atoms with van der Waals surface area (Å²) in [6.45, 7) is -0.174. The molecule has 2 N–H and O–H groups in total. The molecule has 0 fully saturated rings. The first kappa shape index (κ1) is 12.5. The van der Waals surface area contributed by atoms with Crippen molar-refractivity contribution in [2.45, 2.75) is 12.0 Å². The zero-order chi connectivity index (χ0) is 13.4. The number of hydrogen-bond donors (Lipinski definition) is 2. The minimum Gasteiger partial charge on any atom is -0.457 e. The fourth-order valence-electron chi connectivity index (χ4n) is 2.42. The van der Waals surface area contributed by atoms with Crippen molar-refractivity contribution in [3.8, 4) is 11.5 Å². The van der Waals surface area contributed by atoms with Crippen LogP contribution in [-0.2, 0) is 0 Å². The molecule has 2 aromatic rings. The molecule has 2 aromatic carbocycles. The smallest absolute Gasteiger partial charge is 0.133 e. The SMILES string of the molecule is OC[C@@H]1c2cc(Cl)ccc2Oc2ccccc2[C@H]1O. The fourth-order valence-corrected chi connectivity index (χ4v) is 2.60. The van der Waals surface area contributed by atoms with Gasteiger partial charge >= 0.3 is 0 Å². The maximum Gasteiger partial charge on any atom is 0.133 e. The van der Waals surface area contributed by atoms with Crippen LogP contribution in [0.5, 0.6) is 11.5 Å². The number of benzene rings is 2. The number of aliphatic hydroxyl groups excluding tert-OH is 2. The first-order valence-corrected chi connectivity index (χ1v) is 6.43. The monoisotopic (exact) mass is 276 g/mol. The van der Waals surface area contributed by atoms with Gasteiger partial charge in [-0.25, -0.2) is 0 Å². The van der Waals surface area contributed by atoms with Gasteiger partial charge < -0.3 is 14.9 Å². The van der Waals surface area contributed by atoms with E-state index in [2.05, 4.69) is 0 Å². The van der Waals surface area contributed by atoms with Gasteiger partial charge in [0.2, 0.25) is 0 Å². The summed E-state index contributed by atoms with van der Waals surface area (Å²) in [5, 5.41) is 20.6. The van der Waals surface area contributed by atoms with Crippen molar-refractivity contribution in [3.05, 3.63) is 58.6 Å². The van der Waals surface area contributed by atoms with Gasteiger partial charge in [-0.2, -0.15) is 0 Å². The highest BCUT2D eigenvalue weighted by Crippen LogP contribution is 2.45. The zero-order valence-corrected chi connectivity index (χ0v) is 10.8. The number of ether oxygens (including phenoxy) is 1. The van der Waals surface area contributed by atoms with E-state index in [4.69, 9.17) is 16.3 Å². The Labute approximate surface area is 116 Å². The van der Waals surface area contributed by atoms with E-state index in [0.717, 1.165) is 5.56 Å². The molecule has 19 heavy (non-hydrogen) atoms. The molecule has 1 heterocycles.